The van der Waals surface area contributed by atoms with Crippen LogP contribution < -0.4 is 5.32 Å². The van der Waals surface area contributed by atoms with Gasteiger partial charge in [-0.1, -0.05) is 13.8 Å². The fourth-order valence-electron chi connectivity index (χ4n) is 2.21. The van der Waals surface area contributed by atoms with Crippen molar-refractivity contribution < 1.29 is 0 Å². The van der Waals surface area contributed by atoms with Crippen LogP contribution in [0.1, 0.15) is 33.6 Å². The molecule has 1 saturated carbocycles. The van der Waals surface area contributed by atoms with E-state index < -0.39 is 0 Å². The lowest BCUT2D eigenvalue weighted by molar-refractivity contribution is 0.380. The zero-order valence-electron chi connectivity index (χ0n) is 12.0. The van der Waals surface area contributed by atoms with Gasteiger partial charge in [-0.25, -0.2) is 0 Å². The summed E-state index contributed by atoms with van der Waals surface area (Å²) < 4.78 is 0. The van der Waals surface area contributed by atoms with Gasteiger partial charge in [-0.3, -0.25) is 4.99 Å². The molecule has 0 amide bonds. The van der Waals surface area contributed by atoms with Crippen LogP contribution in [0.15, 0.2) is 4.99 Å². The lowest BCUT2D eigenvalue weighted by Gasteiger charge is -2.36. The maximum absolute atomic E-state index is 4.82. The standard InChI is InChI=1S/C14H27N3S/c1-4-15-14(16-9-12-5-6-12)17-7-8-18-13(10-17)11(2)3/h11-13H,4-10H2,1-3H3,(H,15,16). The molecule has 1 unspecified atom stereocenters. The molecule has 1 N–H and O–H groups in total. The van der Waals surface area contributed by atoms with Crippen molar-refractivity contribution in [3.8, 4) is 0 Å². The molecule has 0 radical (unpaired) electrons. The van der Waals surface area contributed by atoms with Gasteiger partial charge in [0, 0.05) is 37.2 Å². The topological polar surface area (TPSA) is 27.6 Å². The molecule has 2 aliphatic rings. The van der Waals surface area contributed by atoms with Gasteiger partial charge in [0.15, 0.2) is 5.96 Å². The van der Waals surface area contributed by atoms with Gasteiger partial charge in [-0.2, -0.15) is 11.8 Å². The number of hydrogen-bond acceptors (Lipinski definition) is 2. The number of rotatable bonds is 4. The van der Waals surface area contributed by atoms with E-state index in [9.17, 15) is 0 Å². The Hall–Kier alpha value is -0.380. The Morgan fingerprint density at radius 2 is 2.22 bits per heavy atom. The maximum atomic E-state index is 4.82. The van der Waals surface area contributed by atoms with E-state index in [1.807, 2.05) is 0 Å². The van der Waals surface area contributed by atoms with Crippen LogP contribution in [0, 0.1) is 11.8 Å². The smallest absolute Gasteiger partial charge is 0.193 e. The molecule has 0 aromatic heterocycles. The Balaban J connectivity index is 1.93. The molecular formula is C14H27N3S. The van der Waals surface area contributed by atoms with E-state index in [4.69, 9.17) is 4.99 Å². The highest BCUT2D eigenvalue weighted by atomic mass is 32.2. The minimum absolute atomic E-state index is 0.753. The molecule has 3 nitrogen and oxygen atoms in total. The van der Waals surface area contributed by atoms with Crippen molar-refractivity contribution >= 4 is 17.7 Å². The summed E-state index contributed by atoms with van der Waals surface area (Å²) in [5.74, 6) is 4.01. The number of nitrogens with zero attached hydrogens (tertiary/aromatic N) is 2. The predicted molar refractivity (Wildman–Crippen MR) is 81.4 cm³/mol. The van der Waals surface area contributed by atoms with Crippen molar-refractivity contribution in [3.05, 3.63) is 0 Å². The lowest BCUT2D eigenvalue weighted by Crippen LogP contribution is -2.49. The largest absolute Gasteiger partial charge is 0.357 e. The van der Waals surface area contributed by atoms with Crippen molar-refractivity contribution in [1.82, 2.24) is 10.2 Å². The molecule has 1 heterocycles. The first-order valence-electron chi connectivity index (χ1n) is 7.35. The third-order valence-corrected chi connectivity index (χ3v) is 5.21. The number of nitrogens with one attached hydrogen (secondary N) is 1. The molecule has 0 spiro atoms. The first-order chi connectivity index (χ1) is 8.70. The van der Waals surface area contributed by atoms with Crippen LogP contribution >= 0.6 is 11.8 Å². The molecule has 1 atom stereocenters. The Kier molecular flexibility index (Phi) is 5.22. The SMILES string of the molecule is CCNC(=NCC1CC1)N1CCSC(C(C)C)C1. The summed E-state index contributed by atoms with van der Waals surface area (Å²) in [6, 6.07) is 0. The highest BCUT2D eigenvalue weighted by Gasteiger charge is 2.26. The summed E-state index contributed by atoms with van der Waals surface area (Å²) in [4.78, 5) is 7.28. The third-order valence-electron chi connectivity index (χ3n) is 3.67. The molecule has 1 aliphatic heterocycles. The van der Waals surface area contributed by atoms with Gasteiger partial charge in [0.05, 0.1) is 0 Å². The van der Waals surface area contributed by atoms with E-state index in [2.05, 4.69) is 42.7 Å². The van der Waals surface area contributed by atoms with Crippen molar-refractivity contribution in [3.63, 3.8) is 0 Å². The quantitative estimate of drug-likeness (QED) is 0.627. The second kappa shape index (κ2) is 6.69. The summed E-state index contributed by atoms with van der Waals surface area (Å²) in [7, 11) is 0. The fraction of sp³-hybridized carbons (Fsp3) is 0.929. The minimum Gasteiger partial charge on any atom is -0.357 e. The molecule has 0 aromatic carbocycles. The van der Waals surface area contributed by atoms with Gasteiger partial charge in [0.2, 0.25) is 0 Å². The first-order valence-corrected chi connectivity index (χ1v) is 8.40. The summed E-state index contributed by atoms with van der Waals surface area (Å²) in [5.41, 5.74) is 0. The van der Waals surface area contributed by atoms with E-state index in [1.54, 1.807) is 0 Å². The molecular weight excluding hydrogens is 242 g/mol. The summed E-state index contributed by atoms with van der Waals surface area (Å²) in [6.07, 6.45) is 2.76. The van der Waals surface area contributed by atoms with Crippen molar-refractivity contribution in [1.29, 1.82) is 0 Å². The number of hydrogen-bond donors (Lipinski definition) is 1. The summed E-state index contributed by atoms with van der Waals surface area (Å²) in [5, 5.41) is 4.21. The third kappa shape index (κ3) is 4.08. The molecule has 1 aliphatic carbocycles. The second-order valence-corrected chi connectivity index (χ2v) is 7.08. The van der Waals surface area contributed by atoms with Crippen LogP contribution in [-0.2, 0) is 0 Å². The molecule has 0 aromatic rings. The van der Waals surface area contributed by atoms with Crippen LogP contribution in [-0.4, -0.2) is 48.0 Å². The van der Waals surface area contributed by atoms with E-state index >= 15 is 0 Å². The molecule has 18 heavy (non-hydrogen) atoms. The molecule has 2 fully saturated rings. The Morgan fingerprint density at radius 3 is 2.83 bits per heavy atom. The van der Waals surface area contributed by atoms with Gasteiger partial charge in [-0.05, 0) is 31.6 Å². The highest BCUT2D eigenvalue weighted by Crippen LogP contribution is 2.29. The normalized spacial score (nSPS) is 25.7. The van der Waals surface area contributed by atoms with Crippen LogP contribution in [0.2, 0.25) is 0 Å². The van der Waals surface area contributed by atoms with Crippen molar-refractivity contribution in [2.75, 3.05) is 31.9 Å². The van der Waals surface area contributed by atoms with E-state index in [0.717, 1.165) is 49.2 Å². The summed E-state index contributed by atoms with van der Waals surface area (Å²) >= 11 is 2.12. The number of guanidine groups is 1. The zero-order valence-corrected chi connectivity index (χ0v) is 12.8. The van der Waals surface area contributed by atoms with E-state index in [1.165, 1.54) is 18.6 Å². The Labute approximate surface area is 116 Å². The Morgan fingerprint density at radius 1 is 1.44 bits per heavy atom. The maximum Gasteiger partial charge on any atom is 0.193 e. The van der Waals surface area contributed by atoms with Gasteiger partial charge < -0.3 is 10.2 Å². The predicted octanol–water partition coefficient (Wildman–Crippen LogP) is 2.44. The van der Waals surface area contributed by atoms with Crippen LogP contribution in [0.4, 0.5) is 0 Å². The van der Waals surface area contributed by atoms with Gasteiger partial charge in [0.25, 0.3) is 0 Å². The van der Waals surface area contributed by atoms with Gasteiger partial charge in [-0.15, -0.1) is 0 Å². The molecule has 104 valence electrons. The number of aliphatic imine (C=N–C) groups is 1. The van der Waals surface area contributed by atoms with Crippen molar-refractivity contribution in [2.45, 2.75) is 38.9 Å². The second-order valence-electron chi connectivity index (χ2n) is 5.74. The first kappa shape index (κ1) is 14.0. The lowest BCUT2D eigenvalue weighted by atomic mass is 10.1. The average Bonchev–Trinajstić information content (AvgIpc) is 3.18. The molecule has 2 rings (SSSR count). The van der Waals surface area contributed by atoms with Gasteiger partial charge >= 0.3 is 0 Å². The fourth-order valence-corrected chi connectivity index (χ4v) is 3.51. The monoisotopic (exact) mass is 269 g/mol. The number of thioether (sulfide) groups is 1. The summed E-state index contributed by atoms with van der Waals surface area (Å²) in [6.45, 7) is 11.1. The highest BCUT2D eigenvalue weighted by molar-refractivity contribution is 8.00. The Bertz CT molecular complexity index is 287. The molecule has 1 saturated heterocycles. The molecule has 0 bridgehead atoms. The minimum atomic E-state index is 0.753. The van der Waals surface area contributed by atoms with E-state index in [0.29, 0.717) is 0 Å². The van der Waals surface area contributed by atoms with Crippen LogP contribution in [0.5, 0.6) is 0 Å². The van der Waals surface area contributed by atoms with Crippen LogP contribution in [0.3, 0.4) is 0 Å². The van der Waals surface area contributed by atoms with E-state index in [-0.39, 0.29) is 0 Å². The molecule has 4 heteroatoms. The zero-order chi connectivity index (χ0) is 13.0. The van der Waals surface area contributed by atoms with Crippen molar-refractivity contribution in [2.24, 2.45) is 16.8 Å². The average molecular weight is 269 g/mol. The van der Waals surface area contributed by atoms with Gasteiger partial charge in [0.1, 0.15) is 0 Å². The van der Waals surface area contributed by atoms with Crippen LogP contribution in [0.25, 0.3) is 0 Å².